The van der Waals surface area contributed by atoms with Crippen LogP contribution in [-0.2, 0) is 4.79 Å². The second-order valence-electron chi connectivity index (χ2n) is 3.89. The van der Waals surface area contributed by atoms with Crippen molar-refractivity contribution in [3.05, 3.63) is 28.0 Å². The van der Waals surface area contributed by atoms with Gasteiger partial charge >= 0.3 is 11.9 Å². The average Bonchev–Trinajstić information content (AvgIpc) is 2.97. The minimum Gasteiger partial charge on any atom is -0.480 e. The van der Waals surface area contributed by atoms with Gasteiger partial charge in [-0.25, -0.2) is 4.79 Å². The topological polar surface area (TPSA) is 114 Å². The maximum absolute atomic E-state index is 11.9. The first-order valence-corrected chi connectivity index (χ1v) is 5.28. The molecule has 0 radical (unpaired) electrons. The highest BCUT2D eigenvalue weighted by Gasteiger charge is 2.36. The Morgan fingerprint density at radius 2 is 2.22 bits per heavy atom. The molecular formula is C10H10N2O6. The highest BCUT2D eigenvalue weighted by molar-refractivity contribution is 5.94. The van der Waals surface area contributed by atoms with Gasteiger partial charge in [-0.05, 0) is 18.9 Å². The van der Waals surface area contributed by atoms with Crippen molar-refractivity contribution in [1.82, 2.24) is 4.90 Å². The van der Waals surface area contributed by atoms with E-state index in [9.17, 15) is 19.7 Å². The number of furan rings is 1. The molecule has 0 bridgehead atoms. The number of carboxylic acid groups (broad SMARTS) is 1. The molecule has 1 N–H and O–H groups in total. The molecule has 0 aromatic carbocycles. The molecule has 0 unspecified atom stereocenters. The predicted octanol–water partition coefficient (Wildman–Crippen LogP) is 0.877. The van der Waals surface area contributed by atoms with Crippen LogP contribution in [0.3, 0.4) is 0 Å². The standard InChI is InChI=1S/C10H10N2O6/c13-9(7-3-4-8(18-7)12(16)17)11-5-1-2-6(11)10(14)15/h3-4,6H,1-2,5H2,(H,14,15)/t6-/m1/s1. The Balaban J connectivity index is 2.20. The zero-order valence-electron chi connectivity index (χ0n) is 9.24. The quantitative estimate of drug-likeness (QED) is 0.632. The summed E-state index contributed by atoms with van der Waals surface area (Å²) < 4.78 is 4.76. The molecule has 96 valence electrons. The molecule has 1 atom stereocenters. The van der Waals surface area contributed by atoms with Crippen LogP contribution in [0.1, 0.15) is 23.4 Å². The smallest absolute Gasteiger partial charge is 0.433 e. The lowest BCUT2D eigenvalue weighted by Crippen LogP contribution is -2.40. The Morgan fingerprint density at radius 3 is 2.78 bits per heavy atom. The van der Waals surface area contributed by atoms with E-state index in [-0.39, 0.29) is 5.76 Å². The Morgan fingerprint density at radius 1 is 1.50 bits per heavy atom. The number of nitro groups is 1. The molecule has 18 heavy (non-hydrogen) atoms. The number of carboxylic acids is 1. The molecule has 1 aliphatic rings. The molecular weight excluding hydrogens is 244 g/mol. The van der Waals surface area contributed by atoms with Crippen molar-refractivity contribution < 1.29 is 24.0 Å². The lowest BCUT2D eigenvalue weighted by atomic mass is 10.2. The number of aliphatic carboxylic acids is 1. The van der Waals surface area contributed by atoms with Gasteiger partial charge < -0.3 is 14.4 Å². The SMILES string of the molecule is O=C(O)[C@H]1CCCN1C(=O)c1ccc([N+](=O)[O-])o1. The Hall–Kier alpha value is -2.38. The van der Waals surface area contributed by atoms with Gasteiger partial charge in [0, 0.05) is 6.54 Å². The molecule has 8 nitrogen and oxygen atoms in total. The molecule has 1 saturated heterocycles. The van der Waals surface area contributed by atoms with Crippen LogP contribution < -0.4 is 0 Å². The summed E-state index contributed by atoms with van der Waals surface area (Å²) in [4.78, 5) is 33.7. The molecule has 0 aliphatic carbocycles. The van der Waals surface area contributed by atoms with E-state index < -0.39 is 28.7 Å². The van der Waals surface area contributed by atoms with Crippen molar-refractivity contribution in [3.63, 3.8) is 0 Å². The zero-order valence-corrected chi connectivity index (χ0v) is 9.24. The summed E-state index contributed by atoms with van der Waals surface area (Å²) in [6.45, 7) is 0.310. The van der Waals surface area contributed by atoms with Gasteiger partial charge in [0.15, 0.2) is 5.76 Å². The molecule has 1 amide bonds. The normalized spacial score (nSPS) is 18.9. The van der Waals surface area contributed by atoms with Crippen molar-refractivity contribution in [2.45, 2.75) is 18.9 Å². The van der Waals surface area contributed by atoms with E-state index >= 15 is 0 Å². The largest absolute Gasteiger partial charge is 0.480 e. The second kappa shape index (κ2) is 4.47. The summed E-state index contributed by atoms with van der Waals surface area (Å²) in [5.41, 5.74) is 0. The summed E-state index contributed by atoms with van der Waals surface area (Å²) in [5.74, 6) is -2.46. The summed E-state index contributed by atoms with van der Waals surface area (Å²) in [6.07, 6.45) is 0.968. The lowest BCUT2D eigenvalue weighted by molar-refractivity contribution is -0.402. The van der Waals surface area contributed by atoms with Crippen LogP contribution in [0.5, 0.6) is 0 Å². The molecule has 2 rings (SSSR count). The number of likely N-dealkylation sites (tertiary alicyclic amines) is 1. The lowest BCUT2D eigenvalue weighted by Gasteiger charge is -2.19. The Kier molecular flexibility index (Phi) is 3.00. The van der Waals surface area contributed by atoms with E-state index in [0.717, 1.165) is 11.0 Å². The zero-order chi connectivity index (χ0) is 13.3. The van der Waals surface area contributed by atoms with Crippen molar-refractivity contribution in [2.24, 2.45) is 0 Å². The van der Waals surface area contributed by atoms with E-state index in [0.29, 0.717) is 19.4 Å². The van der Waals surface area contributed by atoms with Gasteiger partial charge in [0.05, 0.1) is 6.07 Å². The van der Waals surface area contributed by atoms with E-state index in [1.54, 1.807) is 0 Å². The fourth-order valence-corrected chi connectivity index (χ4v) is 1.95. The number of carbonyl (C=O) groups excluding carboxylic acids is 1. The minimum absolute atomic E-state index is 0.213. The maximum Gasteiger partial charge on any atom is 0.433 e. The van der Waals surface area contributed by atoms with Crippen LogP contribution in [-0.4, -0.2) is 39.4 Å². The van der Waals surface area contributed by atoms with Crippen LogP contribution in [0.2, 0.25) is 0 Å². The van der Waals surface area contributed by atoms with Crippen LogP contribution >= 0.6 is 0 Å². The van der Waals surface area contributed by atoms with E-state index in [4.69, 9.17) is 9.52 Å². The molecule has 1 aliphatic heterocycles. The first-order valence-electron chi connectivity index (χ1n) is 5.28. The van der Waals surface area contributed by atoms with Gasteiger partial charge in [-0.2, -0.15) is 0 Å². The van der Waals surface area contributed by atoms with Crippen molar-refractivity contribution in [3.8, 4) is 0 Å². The van der Waals surface area contributed by atoms with Crippen molar-refractivity contribution in [1.29, 1.82) is 0 Å². The summed E-state index contributed by atoms with van der Waals surface area (Å²) in [7, 11) is 0. The number of nitrogens with zero attached hydrogens (tertiary/aromatic N) is 2. The number of carbonyl (C=O) groups is 2. The van der Waals surface area contributed by atoms with Crippen LogP contribution in [0.4, 0.5) is 5.88 Å². The molecule has 2 heterocycles. The molecule has 1 fully saturated rings. The third-order valence-electron chi connectivity index (χ3n) is 2.78. The summed E-state index contributed by atoms with van der Waals surface area (Å²) >= 11 is 0. The van der Waals surface area contributed by atoms with Crippen molar-refractivity contribution in [2.75, 3.05) is 6.54 Å². The number of amides is 1. The van der Waals surface area contributed by atoms with Gasteiger partial charge in [0.25, 0.3) is 5.91 Å². The third-order valence-corrected chi connectivity index (χ3v) is 2.78. The molecule has 0 saturated carbocycles. The monoisotopic (exact) mass is 254 g/mol. The Labute approximate surface area is 101 Å². The van der Waals surface area contributed by atoms with E-state index in [1.807, 2.05) is 0 Å². The summed E-state index contributed by atoms with van der Waals surface area (Å²) in [6, 6.07) is 1.36. The van der Waals surface area contributed by atoms with Crippen molar-refractivity contribution >= 4 is 17.8 Å². The molecule has 8 heteroatoms. The van der Waals surface area contributed by atoms with Gasteiger partial charge in [-0.15, -0.1) is 0 Å². The summed E-state index contributed by atoms with van der Waals surface area (Å²) in [5, 5.41) is 19.4. The van der Waals surface area contributed by atoms with Gasteiger partial charge in [-0.3, -0.25) is 14.9 Å². The molecule has 0 spiro atoms. The van der Waals surface area contributed by atoms with Crippen LogP contribution in [0.15, 0.2) is 16.5 Å². The first-order chi connectivity index (χ1) is 8.50. The fraction of sp³-hybridized carbons (Fsp3) is 0.400. The van der Waals surface area contributed by atoms with E-state index in [2.05, 4.69) is 0 Å². The van der Waals surface area contributed by atoms with Gasteiger partial charge in [0.2, 0.25) is 0 Å². The Bertz CT molecular complexity index is 508. The number of hydrogen-bond acceptors (Lipinski definition) is 5. The van der Waals surface area contributed by atoms with Gasteiger partial charge in [-0.1, -0.05) is 0 Å². The first kappa shape index (κ1) is 12.1. The highest BCUT2D eigenvalue weighted by Crippen LogP contribution is 2.23. The van der Waals surface area contributed by atoms with Crippen LogP contribution in [0.25, 0.3) is 0 Å². The fourth-order valence-electron chi connectivity index (χ4n) is 1.95. The van der Waals surface area contributed by atoms with Gasteiger partial charge in [0.1, 0.15) is 11.0 Å². The van der Waals surface area contributed by atoms with Crippen LogP contribution in [0, 0.1) is 10.1 Å². The minimum atomic E-state index is -1.08. The highest BCUT2D eigenvalue weighted by atomic mass is 16.6. The second-order valence-corrected chi connectivity index (χ2v) is 3.89. The molecule has 1 aromatic heterocycles. The maximum atomic E-state index is 11.9. The predicted molar refractivity (Wildman–Crippen MR) is 57.1 cm³/mol. The van der Waals surface area contributed by atoms with E-state index in [1.165, 1.54) is 6.07 Å². The number of hydrogen-bond donors (Lipinski definition) is 1. The third kappa shape index (κ3) is 2.04. The number of rotatable bonds is 3. The average molecular weight is 254 g/mol. The molecule has 1 aromatic rings.